The third kappa shape index (κ3) is 2.74. The van der Waals surface area contributed by atoms with Gasteiger partial charge < -0.3 is 5.11 Å². The summed E-state index contributed by atoms with van der Waals surface area (Å²) in [4.78, 5) is 4.51. The van der Waals surface area contributed by atoms with Crippen molar-refractivity contribution in [2.24, 2.45) is 0 Å². The Labute approximate surface area is 116 Å². The molecule has 0 aliphatic rings. The van der Waals surface area contributed by atoms with Crippen LogP contribution in [-0.4, -0.2) is 10.1 Å². The summed E-state index contributed by atoms with van der Waals surface area (Å²) >= 11 is 7.65. The molecule has 4 heteroatoms. The van der Waals surface area contributed by atoms with Crippen molar-refractivity contribution in [3.8, 4) is 0 Å². The molecule has 1 aromatic heterocycles. The highest BCUT2D eigenvalue weighted by atomic mass is 35.5. The molecule has 2 rings (SSSR count). The van der Waals surface area contributed by atoms with E-state index in [9.17, 15) is 5.11 Å². The number of benzene rings is 1. The summed E-state index contributed by atoms with van der Waals surface area (Å²) in [6, 6.07) is 7.31. The van der Waals surface area contributed by atoms with Crippen LogP contribution in [0.1, 0.15) is 43.1 Å². The van der Waals surface area contributed by atoms with Gasteiger partial charge in [0.05, 0.1) is 10.7 Å². The summed E-state index contributed by atoms with van der Waals surface area (Å²) in [7, 11) is 0. The second kappa shape index (κ2) is 5.00. The lowest BCUT2D eigenvalue weighted by Crippen LogP contribution is -2.11. The summed E-state index contributed by atoms with van der Waals surface area (Å²) in [6.07, 6.45) is -0.758. The molecule has 1 unspecified atom stereocenters. The molecule has 0 fully saturated rings. The molecule has 1 N–H and O–H groups in total. The molecule has 0 saturated carbocycles. The van der Waals surface area contributed by atoms with E-state index in [2.05, 4.69) is 25.8 Å². The van der Waals surface area contributed by atoms with Gasteiger partial charge in [0, 0.05) is 21.4 Å². The van der Waals surface area contributed by atoms with Crippen LogP contribution in [0.15, 0.2) is 29.6 Å². The van der Waals surface area contributed by atoms with Gasteiger partial charge in [-0.25, -0.2) is 4.98 Å². The minimum atomic E-state index is -0.758. The fourth-order valence-electron chi connectivity index (χ4n) is 1.61. The predicted molar refractivity (Wildman–Crippen MR) is 76.3 cm³/mol. The van der Waals surface area contributed by atoms with Crippen molar-refractivity contribution in [1.82, 2.24) is 4.98 Å². The van der Waals surface area contributed by atoms with Crippen LogP contribution < -0.4 is 0 Å². The number of hydrogen-bond donors (Lipinski definition) is 1. The second-order valence-corrected chi connectivity index (χ2v) is 6.52. The van der Waals surface area contributed by atoms with Crippen LogP contribution in [0.2, 0.25) is 5.02 Å². The van der Waals surface area contributed by atoms with E-state index in [0.717, 1.165) is 5.01 Å². The van der Waals surface area contributed by atoms with Crippen LogP contribution in [0.4, 0.5) is 0 Å². The lowest BCUT2D eigenvalue weighted by molar-refractivity contribution is 0.215. The molecule has 1 atom stereocenters. The van der Waals surface area contributed by atoms with E-state index in [1.807, 2.05) is 23.6 Å². The maximum absolute atomic E-state index is 10.3. The molecule has 0 radical (unpaired) electrons. The molecule has 1 aromatic carbocycles. The maximum atomic E-state index is 10.3. The predicted octanol–water partition coefficient (Wildman–Crippen LogP) is 4.18. The Balaban J connectivity index is 2.33. The average molecular weight is 282 g/mol. The zero-order valence-corrected chi connectivity index (χ0v) is 12.2. The monoisotopic (exact) mass is 281 g/mol. The highest BCUT2D eigenvalue weighted by Crippen LogP contribution is 2.32. The smallest absolute Gasteiger partial charge is 0.123 e. The van der Waals surface area contributed by atoms with Crippen molar-refractivity contribution in [3.63, 3.8) is 0 Å². The zero-order valence-electron chi connectivity index (χ0n) is 10.6. The molecular formula is C14H16ClNOS. The lowest BCUT2D eigenvalue weighted by atomic mass is 9.98. The molecule has 18 heavy (non-hydrogen) atoms. The van der Waals surface area contributed by atoms with E-state index >= 15 is 0 Å². The normalized spacial score (nSPS) is 13.6. The van der Waals surface area contributed by atoms with Gasteiger partial charge in [0.1, 0.15) is 6.10 Å². The van der Waals surface area contributed by atoms with Gasteiger partial charge in [-0.05, 0) is 6.07 Å². The molecule has 0 amide bonds. The standard InChI is InChI=1S/C14H16ClNOS/c1-14(2,3)13-16-11(8-18-13)12(17)9-6-4-5-7-10(9)15/h4-8,12,17H,1-3H3. The number of thiazole rings is 1. The third-order valence-corrected chi connectivity index (χ3v) is 4.27. The Bertz CT molecular complexity index is 545. The number of aliphatic hydroxyl groups excluding tert-OH is 1. The number of halogens is 1. The van der Waals surface area contributed by atoms with E-state index in [4.69, 9.17) is 11.6 Å². The minimum absolute atomic E-state index is 0.00309. The van der Waals surface area contributed by atoms with Gasteiger partial charge in [0.2, 0.25) is 0 Å². The topological polar surface area (TPSA) is 33.1 Å². The van der Waals surface area contributed by atoms with Crippen molar-refractivity contribution < 1.29 is 5.11 Å². The van der Waals surface area contributed by atoms with Crippen LogP contribution in [0.25, 0.3) is 0 Å². The van der Waals surface area contributed by atoms with Crippen LogP contribution in [0, 0.1) is 0 Å². The fourth-order valence-corrected chi connectivity index (χ4v) is 2.78. The number of aliphatic hydroxyl groups is 1. The van der Waals surface area contributed by atoms with Crippen molar-refractivity contribution in [2.75, 3.05) is 0 Å². The first-order valence-electron chi connectivity index (χ1n) is 5.78. The van der Waals surface area contributed by atoms with Gasteiger partial charge in [0.25, 0.3) is 0 Å². The molecule has 0 spiro atoms. The first-order valence-corrected chi connectivity index (χ1v) is 7.04. The minimum Gasteiger partial charge on any atom is -0.382 e. The highest BCUT2D eigenvalue weighted by molar-refractivity contribution is 7.09. The van der Waals surface area contributed by atoms with E-state index in [1.54, 1.807) is 17.4 Å². The number of hydrogen-bond acceptors (Lipinski definition) is 3. The van der Waals surface area contributed by atoms with Crippen LogP contribution in [-0.2, 0) is 5.41 Å². The van der Waals surface area contributed by atoms with Gasteiger partial charge in [-0.15, -0.1) is 11.3 Å². The van der Waals surface area contributed by atoms with Crippen LogP contribution in [0.3, 0.4) is 0 Å². The maximum Gasteiger partial charge on any atom is 0.123 e. The largest absolute Gasteiger partial charge is 0.382 e. The highest BCUT2D eigenvalue weighted by Gasteiger charge is 2.22. The Kier molecular flexibility index (Phi) is 3.76. The number of aromatic nitrogens is 1. The second-order valence-electron chi connectivity index (χ2n) is 5.25. The Hall–Kier alpha value is -0.900. The van der Waals surface area contributed by atoms with Gasteiger partial charge in [-0.3, -0.25) is 0 Å². The van der Waals surface area contributed by atoms with E-state index in [0.29, 0.717) is 16.3 Å². The molecule has 96 valence electrons. The van der Waals surface area contributed by atoms with Gasteiger partial charge in [-0.2, -0.15) is 0 Å². The zero-order chi connectivity index (χ0) is 13.3. The van der Waals surface area contributed by atoms with Crippen molar-refractivity contribution >= 4 is 22.9 Å². The Morgan fingerprint density at radius 2 is 1.94 bits per heavy atom. The fraction of sp³-hybridized carbons (Fsp3) is 0.357. The number of rotatable bonds is 2. The van der Waals surface area contributed by atoms with Crippen molar-refractivity contribution in [3.05, 3.63) is 50.9 Å². The van der Waals surface area contributed by atoms with E-state index in [1.165, 1.54) is 0 Å². The van der Waals surface area contributed by atoms with E-state index < -0.39 is 6.10 Å². The molecule has 0 saturated heterocycles. The summed E-state index contributed by atoms with van der Waals surface area (Å²) in [5.74, 6) is 0. The summed E-state index contributed by atoms with van der Waals surface area (Å²) in [5.41, 5.74) is 1.37. The summed E-state index contributed by atoms with van der Waals surface area (Å²) in [5, 5.41) is 13.8. The molecule has 0 aliphatic heterocycles. The van der Waals surface area contributed by atoms with E-state index in [-0.39, 0.29) is 5.41 Å². The van der Waals surface area contributed by atoms with Crippen molar-refractivity contribution in [1.29, 1.82) is 0 Å². The molecule has 2 aromatic rings. The first-order chi connectivity index (χ1) is 8.39. The molecule has 2 nitrogen and oxygen atoms in total. The lowest BCUT2D eigenvalue weighted by Gasteiger charge is -2.14. The number of nitrogens with zero attached hydrogens (tertiary/aromatic N) is 1. The summed E-state index contributed by atoms with van der Waals surface area (Å²) in [6.45, 7) is 6.33. The van der Waals surface area contributed by atoms with Gasteiger partial charge >= 0.3 is 0 Å². The molecule has 0 aliphatic carbocycles. The van der Waals surface area contributed by atoms with Gasteiger partial charge in [0.15, 0.2) is 0 Å². The van der Waals surface area contributed by atoms with Crippen LogP contribution >= 0.6 is 22.9 Å². The first kappa shape index (κ1) is 13.5. The molecular weight excluding hydrogens is 266 g/mol. The van der Waals surface area contributed by atoms with Gasteiger partial charge in [-0.1, -0.05) is 50.6 Å². The Morgan fingerprint density at radius 1 is 1.28 bits per heavy atom. The Morgan fingerprint density at radius 3 is 2.50 bits per heavy atom. The molecule has 0 bridgehead atoms. The quantitative estimate of drug-likeness (QED) is 0.896. The SMILES string of the molecule is CC(C)(C)c1nc(C(O)c2ccccc2Cl)cs1. The van der Waals surface area contributed by atoms with Crippen molar-refractivity contribution in [2.45, 2.75) is 32.3 Å². The summed E-state index contributed by atoms with van der Waals surface area (Å²) < 4.78 is 0. The average Bonchev–Trinajstić information content (AvgIpc) is 2.77. The van der Waals surface area contributed by atoms with Crippen LogP contribution in [0.5, 0.6) is 0 Å². The third-order valence-electron chi connectivity index (χ3n) is 2.64. The molecule has 1 heterocycles.